The van der Waals surface area contributed by atoms with Gasteiger partial charge in [0.1, 0.15) is 29.8 Å². The number of nitrogens with zero attached hydrogens (tertiary/aromatic N) is 4. The Labute approximate surface area is 247 Å². The number of halogens is 1. The fourth-order valence-corrected chi connectivity index (χ4v) is 4.03. The van der Waals surface area contributed by atoms with Gasteiger partial charge in [-0.15, -0.1) is 5.10 Å². The summed E-state index contributed by atoms with van der Waals surface area (Å²) in [6.07, 6.45) is 3.29. The van der Waals surface area contributed by atoms with Crippen LogP contribution in [-0.4, -0.2) is 57.5 Å². The number of rotatable bonds is 7. The lowest BCUT2D eigenvalue weighted by Gasteiger charge is -2.25. The second kappa shape index (κ2) is 11.3. The number of carbonyl (C=O) groups excluding carboxylic acids is 1. The van der Waals surface area contributed by atoms with Crippen molar-refractivity contribution in [3.05, 3.63) is 54.7 Å². The first-order valence-electron chi connectivity index (χ1n) is 18.1. The van der Waals surface area contributed by atoms with Crippen molar-refractivity contribution in [2.45, 2.75) is 45.0 Å². The van der Waals surface area contributed by atoms with Crippen molar-refractivity contribution >= 4 is 28.4 Å². The van der Waals surface area contributed by atoms with Gasteiger partial charge in [0.2, 0.25) is 5.88 Å². The predicted molar refractivity (Wildman–Crippen MR) is 148 cm³/mol. The number of hydrogen-bond acceptors (Lipinski definition) is 9. The molecule has 0 bridgehead atoms. The van der Waals surface area contributed by atoms with E-state index in [0.29, 0.717) is 36.0 Å². The molecule has 4 aromatic rings. The van der Waals surface area contributed by atoms with E-state index < -0.39 is 45.0 Å². The first-order valence-corrected chi connectivity index (χ1v) is 12.1. The lowest BCUT2D eigenvalue weighted by Crippen LogP contribution is -2.43. The molecule has 210 valence electrons. The first kappa shape index (κ1) is 16.0. The third kappa shape index (κ3) is 6.40. The van der Waals surface area contributed by atoms with Crippen LogP contribution >= 0.6 is 0 Å². The van der Waals surface area contributed by atoms with Crippen LogP contribution in [0, 0.1) is 5.82 Å². The van der Waals surface area contributed by atoms with Gasteiger partial charge in [0.05, 0.1) is 22.4 Å². The van der Waals surface area contributed by atoms with E-state index in [-0.39, 0.29) is 46.3 Å². The van der Waals surface area contributed by atoms with Gasteiger partial charge in [-0.25, -0.2) is 19.2 Å². The number of anilines is 2. The monoisotopic (exact) mass is 561 g/mol. The van der Waals surface area contributed by atoms with Crippen LogP contribution in [0.2, 0.25) is 0 Å². The van der Waals surface area contributed by atoms with Crippen molar-refractivity contribution in [2.75, 3.05) is 25.4 Å². The number of methoxy groups -OCH3 is 1. The molecule has 11 nitrogen and oxygen atoms in total. The molecule has 0 unspecified atom stereocenters. The minimum atomic E-state index is -3.68. The third-order valence-corrected chi connectivity index (χ3v) is 5.87. The maximum absolute atomic E-state index is 15.4. The number of hydrogen-bond donors (Lipinski definition) is 3. The molecule has 0 atom stereocenters. The maximum Gasteiger partial charge on any atom is 0.342 e. The molecule has 12 heteroatoms. The number of amides is 1. The van der Waals surface area contributed by atoms with Gasteiger partial charge in [0, 0.05) is 47.7 Å². The smallest absolute Gasteiger partial charge is 0.342 e. The summed E-state index contributed by atoms with van der Waals surface area (Å²) in [5, 5.41) is 11.9. The molecule has 0 spiro atoms. The standard InChI is InChI=1S/C28H32FN7O4/c1-28(2,3)34-27(37)36-12-9-25(35-36)40-18-5-6-21(20(29)13-18)33-26-19-14-24(39-17-7-10-30-11-8-17)23(38-4)15-22(19)31-16-32-26/h5-6,9,12-17,30H,7-8,10-11H2,1-4H3,(H,34,37)(H,31,32,33)/i1D3,2D3,3D3,4D3. The summed E-state index contributed by atoms with van der Waals surface area (Å²) in [7, 11) is -2.77. The van der Waals surface area contributed by atoms with Gasteiger partial charge in [-0.05, 0) is 64.7 Å². The van der Waals surface area contributed by atoms with Crippen LogP contribution in [0.4, 0.5) is 20.7 Å². The van der Waals surface area contributed by atoms with Gasteiger partial charge < -0.3 is 30.2 Å². The largest absolute Gasteiger partial charge is 0.493 e. The highest BCUT2D eigenvalue weighted by atomic mass is 19.1. The van der Waals surface area contributed by atoms with E-state index in [9.17, 15) is 4.79 Å². The molecule has 0 saturated carbocycles. The number of fused-ring (bicyclic) bond motifs is 1. The Bertz CT molecular complexity index is 1890. The molecule has 0 radical (unpaired) electrons. The average molecular weight is 562 g/mol. The van der Waals surface area contributed by atoms with E-state index in [1.807, 2.05) is 0 Å². The summed E-state index contributed by atoms with van der Waals surface area (Å²) in [5.41, 5.74) is -3.41. The van der Waals surface area contributed by atoms with Crippen molar-refractivity contribution in [2.24, 2.45) is 0 Å². The normalized spacial score (nSPS) is 19.8. The van der Waals surface area contributed by atoms with Gasteiger partial charge in [0.15, 0.2) is 11.5 Å². The van der Waals surface area contributed by atoms with Crippen LogP contribution in [0.15, 0.2) is 48.9 Å². The molecule has 5 rings (SSSR count). The molecule has 1 saturated heterocycles. The molecular formula is C28H32FN7O4. The number of benzene rings is 2. The van der Waals surface area contributed by atoms with Gasteiger partial charge in [-0.2, -0.15) is 4.68 Å². The quantitative estimate of drug-likeness (QED) is 0.286. The van der Waals surface area contributed by atoms with Crippen LogP contribution < -0.4 is 30.2 Å². The lowest BCUT2D eigenvalue weighted by atomic mass is 10.1. The Morgan fingerprint density at radius 1 is 1.15 bits per heavy atom. The second-order valence-electron chi connectivity index (χ2n) is 8.86. The molecule has 1 aliphatic heterocycles. The van der Waals surface area contributed by atoms with Crippen molar-refractivity contribution in [1.82, 2.24) is 30.4 Å². The Hall–Kier alpha value is -4.45. The highest BCUT2D eigenvalue weighted by Gasteiger charge is 2.20. The highest BCUT2D eigenvalue weighted by molar-refractivity contribution is 5.93. The Balaban J connectivity index is 1.36. The summed E-state index contributed by atoms with van der Waals surface area (Å²) >= 11 is 0. The molecule has 2 aromatic carbocycles. The summed E-state index contributed by atoms with van der Waals surface area (Å²) < 4.78 is 124. The van der Waals surface area contributed by atoms with Crippen LogP contribution in [0.25, 0.3) is 10.9 Å². The number of ether oxygens (including phenoxy) is 3. The van der Waals surface area contributed by atoms with Gasteiger partial charge >= 0.3 is 6.03 Å². The molecule has 1 amide bonds. The van der Waals surface area contributed by atoms with Gasteiger partial charge in [-0.3, -0.25) is 0 Å². The Morgan fingerprint density at radius 2 is 2.00 bits per heavy atom. The molecule has 3 N–H and O–H groups in total. The van der Waals surface area contributed by atoms with E-state index in [4.69, 9.17) is 30.7 Å². The predicted octanol–water partition coefficient (Wildman–Crippen LogP) is 5.00. The minimum absolute atomic E-state index is 0.0468. The summed E-state index contributed by atoms with van der Waals surface area (Å²) in [6.45, 7) is -9.62. The highest BCUT2D eigenvalue weighted by Crippen LogP contribution is 2.36. The van der Waals surface area contributed by atoms with Crippen LogP contribution in [-0.2, 0) is 0 Å². The van der Waals surface area contributed by atoms with Crippen molar-refractivity contribution < 1.29 is 39.8 Å². The van der Waals surface area contributed by atoms with Crippen molar-refractivity contribution in [3.8, 4) is 23.1 Å². The zero-order valence-electron chi connectivity index (χ0n) is 32.8. The van der Waals surface area contributed by atoms with E-state index in [0.717, 1.165) is 18.3 Å². The first-order chi connectivity index (χ1) is 24.1. The number of nitrogens with one attached hydrogen (secondary N) is 3. The number of carbonyl (C=O) groups is 1. The maximum atomic E-state index is 15.4. The summed E-state index contributed by atoms with van der Waals surface area (Å²) in [4.78, 5) is 21.3. The van der Waals surface area contributed by atoms with Crippen molar-refractivity contribution in [3.63, 3.8) is 0 Å². The molecule has 1 aliphatic rings. The van der Waals surface area contributed by atoms with E-state index in [1.165, 1.54) is 30.6 Å². The van der Waals surface area contributed by atoms with Crippen molar-refractivity contribution in [1.29, 1.82) is 0 Å². The fraction of sp³-hybridized carbons (Fsp3) is 0.357. The molecule has 2 aromatic heterocycles. The van der Waals surface area contributed by atoms with E-state index in [2.05, 4.69) is 25.7 Å². The molecule has 40 heavy (non-hydrogen) atoms. The molecule has 3 heterocycles. The van der Waals surface area contributed by atoms with E-state index in [1.54, 1.807) is 5.32 Å². The van der Waals surface area contributed by atoms with Crippen LogP contribution in [0.3, 0.4) is 0 Å². The zero-order valence-corrected chi connectivity index (χ0v) is 20.8. The van der Waals surface area contributed by atoms with Gasteiger partial charge in [-0.1, -0.05) is 0 Å². The zero-order chi connectivity index (χ0) is 38.3. The summed E-state index contributed by atoms with van der Waals surface area (Å²) in [5.74, 6) is -0.989. The lowest BCUT2D eigenvalue weighted by molar-refractivity contribution is 0.157. The van der Waals surface area contributed by atoms with Crippen LogP contribution in [0.1, 0.15) is 49.8 Å². The second-order valence-corrected chi connectivity index (χ2v) is 8.86. The summed E-state index contributed by atoms with van der Waals surface area (Å²) in [6, 6.07) is 6.16. The van der Waals surface area contributed by atoms with E-state index >= 15 is 4.39 Å². The molecule has 0 aliphatic carbocycles. The molecular weight excluding hydrogens is 517 g/mol. The average Bonchev–Trinajstić information content (AvgIpc) is 3.48. The SMILES string of the molecule is [2H]C([2H])([2H])Oc1cc2ncnc(Nc3ccc(Oc4ccn(C(=O)NC(C([2H])([2H])[2H])(C([2H])([2H])[2H])C([2H])([2H])[2H])n4)cc3F)c2cc1OC1CCNCC1. The molecule has 1 fully saturated rings. The fourth-order valence-electron chi connectivity index (χ4n) is 4.03. The van der Waals surface area contributed by atoms with Gasteiger partial charge in [0.25, 0.3) is 0 Å². The Kier molecular flexibility index (Phi) is 4.53. The number of piperidine rings is 1. The number of aromatic nitrogens is 4. The Morgan fingerprint density at radius 3 is 2.77 bits per heavy atom. The third-order valence-electron chi connectivity index (χ3n) is 5.87. The topological polar surface area (TPSA) is 124 Å². The van der Waals surface area contributed by atoms with Crippen LogP contribution in [0.5, 0.6) is 23.1 Å². The minimum Gasteiger partial charge on any atom is -0.493 e.